The third-order valence-electron chi connectivity index (χ3n) is 5.07. The summed E-state index contributed by atoms with van der Waals surface area (Å²) in [7, 11) is 0. The largest absolute Gasteiger partial charge is 0.492 e. The summed E-state index contributed by atoms with van der Waals surface area (Å²) in [6.45, 7) is 3.56. The van der Waals surface area contributed by atoms with Gasteiger partial charge in [0.05, 0.1) is 5.56 Å². The van der Waals surface area contributed by atoms with E-state index in [0.717, 1.165) is 13.3 Å². The van der Waals surface area contributed by atoms with Crippen LogP contribution in [0, 0.1) is 6.92 Å². The molecule has 0 radical (unpaired) electrons. The molecule has 2 atom stereocenters. The first kappa shape index (κ1) is 19.9. The number of aryl methyl sites for hydroxylation is 1. The number of aromatic nitrogens is 3. The van der Waals surface area contributed by atoms with Crippen LogP contribution in [0.2, 0.25) is 0 Å². The average molecular weight is 423 g/mol. The van der Waals surface area contributed by atoms with Crippen LogP contribution in [0.5, 0.6) is 17.5 Å². The molecular formula is C18H16F3N5O4. The molecule has 1 aromatic carbocycles. The van der Waals surface area contributed by atoms with E-state index in [1.165, 1.54) is 13.0 Å². The Balaban J connectivity index is 1.73. The van der Waals surface area contributed by atoms with Gasteiger partial charge in [0.2, 0.25) is 5.95 Å². The number of carbonyl (C=O) groups excluding carboxylic acids is 2. The summed E-state index contributed by atoms with van der Waals surface area (Å²) in [5.74, 6) is -0.933. The molecule has 0 spiro atoms. The molecule has 1 saturated heterocycles. The number of urea groups is 1. The van der Waals surface area contributed by atoms with Gasteiger partial charge in [0.1, 0.15) is 35.9 Å². The first-order valence-electron chi connectivity index (χ1n) is 8.88. The first-order valence-corrected chi connectivity index (χ1v) is 8.88. The normalized spacial score (nSPS) is 23.3. The maximum Gasteiger partial charge on any atom is 0.401 e. The Hall–Kier alpha value is -3.44. The lowest BCUT2D eigenvalue weighted by molar-refractivity contribution is -0.187. The zero-order valence-corrected chi connectivity index (χ0v) is 16.1. The number of ether oxygens (including phenoxy) is 2. The molecule has 0 bridgehead atoms. The van der Waals surface area contributed by atoms with Crippen molar-refractivity contribution in [3.05, 3.63) is 29.6 Å². The van der Waals surface area contributed by atoms with E-state index in [-0.39, 0.29) is 29.0 Å². The molecule has 12 heteroatoms. The number of nitrogens with one attached hydrogen (secondary N) is 1. The highest BCUT2D eigenvalue weighted by atomic mass is 19.4. The topological polar surface area (TPSA) is 107 Å². The van der Waals surface area contributed by atoms with Gasteiger partial charge in [-0.1, -0.05) is 6.07 Å². The summed E-state index contributed by atoms with van der Waals surface area (Å²) in [5, 5.41) is 2.41. The molecule has 4 rings (SSSR count). The van der Waals surface area contributed by atoms with Crippen molar-refractivity contribution in [1.82, 2.24) is 20.3 Å². The van der Waals surface area contributed by atoms with Gasteiger partial charge in [-0.3, -0.25) is 4.79 Å². The highest BCUT2D eigenvalue weighted by Gasteiger charge is 2.59. The van der Waals surface area contributed by atoms with E-state index in [1.54, 1.807) is 13.0 Å². The third-order valence-corrected chi connectivity index (χ3v) is 5.07. The van der Waals surface area contributed by atoms with Crippen LogP contribution < -0.4 is 19.7 Å². The number of amides is 3. The SMILES string of the molecule is Cc1ccc(Oc2ncnc(N3C(=O)NC(C)C3=O)n2)c2c1OCC2(C)C(F)(F)F. The fourth-order valence-corrected chi connectivity index (χ4v) is 3.30. The summed E-state index contributed by atoms with van der Waals surface area (Å²) in [6, 6.07) is 1.06. The van der Waals surface area contributed by atoms with Crippen LogP contribution >= 0.6 is 0 Å². The van der Waals surface area contributed by atoms with E-state index >= 15 is 0 Å². The Morgan fingerprint density at radius 1 is 1.30 bits per heavy atom. The van der Waals surface area contributed by atoms with E-state index in [1.807, 2.05) is 0 Å². The molecule has 3 amide bonds. The number of benzene rings is 1. The van der Waals surface area contributed by atoms with Crippen LogP contribution in [0.3, 0.4) is 0 Å². The third kappa shape index (κ3) is 2.90. The van der Waals surface area contributed by atoms with Gasteiger partial charge in [0.15, 0.2) is 0 Å². The van der Waals surface area contributed by atoms with E-state index in [4.69, 9.17) is 9.47 Å². The van der Waals surface area contributed by atoms with Crippen molar-refractivity contribution in [3.63, 3.8) is 0 Å². The Bertz CT molecular complexity index is 1060. The van der Waals surface area contributed by atoms with Crippen molar-refractivity contribution in [2.45, 2.75) is 38.4 Å². The minimum Gasteiger partial charge on any atom is -0.492 e. The molecule has 0 aliphatic carbocycles. The highest BCUT2D eigenvalue weighted by molar-refractivity contribution is 6.20. The van der Waals surface area contributed by atoms with Gasteiger partial charge in [-0.25, -0.2) is 9.78 Å². The van der Waals surface area contributed by atoms with Gasteiger partial charge >= 0.3 is 18.2 Å². The van der Waals surface area contributed by atoms with Crippen LogP contribution in [0.4, 0.5) is 23.9 Å². The first-order chi connectivity index (χ1) is 14.0. The number of hydrogen-bond donors (Lipinski definition) is 1. The van der Waals surface area contributed by atoms with Crippen LogP contribution in [0.15, 0.2) is 18.5 Å². The minimum absolute atomic E-state index is 0.0875. The fourth-order valence-electron chi connectivity index (χ4n) is 3.30. The van der Waals surface area contributed by atoms with Gasteiger partial charge in [0, 0.05) is 0 Å². The smallest absolute Gasteiger partial charge is 0.401 e. The number of carbonyl (C=O) groups is 2. The zero-order valence-electron chi connectivity index (χ0n) is 16.1. The molecule has 2 aliphatic rings. The molecule has 0 saturated carbocycles. The predicted molar refractivity (Wildman–Crippen MR) is 95.5 cm³/mol. The van der Waals surface area contributed by atoms with Crippen molar-refractivity contribution in [3.8, 4) is 17.5 Å². The van der Waals surface area contributed by atoms with E-state index in [2.05, 4.69) is 20.3 Å². The van der Waals surface area contributed by atoms with Crippen molar-refractivity contribution in [2.75, 3.05) is 11.5 Å². The molecule has 1 N–H and O–H groups in total. The average Bonchev–Trinajstić information content (AvgIpc) is 3.16. The van der Waals surface area contributed by atoms with Gasteiger partial charge in [-0.2, -0.15) is 28.0 Å². The van der Waals surface area contributed by atoms with Gasteiger partial charge in [0.25, 0.3) is 5.91 Å². The Labute approximate surface area is 168 Å². The number of fused-ring (bicyclic) bond motifs is 1. The van der Waals surface area contributed by atoms with Crippen molar-refractivity contribution in [1.29, 1.82) is 0 Å². The number of nitrogens with zero attached hydrogens (tertiary/aromatic N) is 4. The van der Waals surface area contributed by atoms with E-state index in [9.17, 15) is 22.8 Å². The summed E-state index contributed by atoms with van der Waals surface area (Å²) in [4.78, 5) is 36.3. The number of alkyl halides is 3. The molecule has 9 nitrogen and oxygen atoms in total. The quantitative estimate of drug-likeness (QED) is 0.757. The van der Waals surface area contributed by atoms with Crippen LogP contribution in [-0.2, 0) is 10.2 Å². The van der Waals surface area contributed by atoms with E-state index in [0.29, 0.717) is 10.5 Å². The molecule has 30 heavy (non-hydrogen) atoms. The van der Waals surface area contributed by atoms with Crippen LogP contribution in [-0.4, -0.2) is 45.7 Å². The highest BCUT2D eigenvalue weighted by Crippen LogP contribution is 2.53. The molecule has 2 aliphatic heterocycles. The lowest BCUT2D eigenvalue weighted by Crippen LogP contribution is -2.41. The summed E-state index contributed by atoms with van der Waals surface area (Å²) >= 11 is 0. The summed E-state index contributed by atoms with van der Waals surface area (Å²) in [6.07, 6.45) is -3.60. The molecule has 2 unspecified atom stereocenters. The van der Waals surface area contributed by atoms with Gasteiger partial charge in [-0.05, 0) is 32.4 Å². The number of halogens is 3. The van der Waals surface area contributed by atoms with Crippen LogP contribution in [0.1, 0.15) is 25.0 Å². The lowest BCUT2D eigenvalue weighted by atomic mass is 9.82. The number of rotatable bonds is 3. The standard InChI is InChI=1S/C18H16F3N5O4/c1-8-4-5-10(11-12(8)29-6-17(11,3)18(19,20)21)30-15-23-7-22-14(25-15)26-13(27)9(2)24-16(26)28/h4-5,7,9H,6H2,1-3H3,(H,24,28). The molecule has 3 heterocycles. The fraction of sp³-hybridized carbons (Fsp3) is 0.389. The summed E-state index contributed by atoms with van der Waals surface area (Å²) in [5.41, 5.74) is -1.93. The van der Waals surface area contributed by atoms with Crippen molar-refractivity contribution < 1.29 is 32.2 Å². The van der Waals surface area contributed by atoms with E-state index < -0.39 is 36.2 Å². The Morgan fingerprint density at radius 3 is 2.67 bits per heavy atom. The maximum absolute atomic E-state index is 13.8. The molecule has 1 aromatic heterocycles. The number of hydrogen-bond acceptors (Lipinski definition) is 7. The molecule has 158 valence electrons. The second-order valence-electron chi connectivity index (χ2n) is 7.22. The Morgan fingerprint density at radius 2 is 2.03 bits per heavy atom. The predicted octanol–water partition coefficient (Wildman–Crippen LogP) is 2.63. The number of imide groups is 1. The molecule has 2 aromatic rings. The molecule has 1 fully saturated rings. The zero-order chi connectivity index (χ0) is 21.8. The van der Waals surface area contributed by atoms with Crippen LogP contribution in [0.25, 0.3) is 0 Å². The second-order valence-corrected chi connectivity index (χ2v) is 7.22. The monoisotopic (exact) mass is 423 g/mol. The van der Waals surface area contributed by atoms with Crippen molar-refractivity contribution in [2.24, 2.45) is 0 Å². The number of anilines is 1. The second kappa shape index (κ2) is 6.54. The van der Waals surface area contributed by atoms with Gasteiger partial charge < -0.3 is 14.8 Å². The molecular weight excluding hydrogens is 407 g/mol. The van der Waals surface area contributed by atoms with Gasteiger partial charge in [-0.15, -0.1) is 0 Å². The Kier molecular flexibility index (Phi) is 4.33. The maximum atomic E-state index is 13.8. The summed E-state index contributed by atoms with van der Waals surface area (Å²) < 4.78 is 52.3. The minimum atomic E-state index is -4.59. The van der Waals surface area contributed by atoms with Crippen molar-refractivity contribution >= 4 is 17.9 Å². The lowest BCUT2D eigenvalue weighted by Gasteiger charge is -2.27.